The zero-order valence-corrected chi connectivity index (χ0v) is 21.3. The molecule has 0 saturated heterocycles. The summed E-state index contributed by atoms with van der Waals surface area (Å²) in [6, 6.07) is 14.2. The minimum atomic E-state index is -0.895. The van der Waals surface area contributed by atoms with E-state index in [1.807, 2.05) is 18.3 Å². The van der Waals surface area contributed by atoms with Gasteiger partial charge in [-0.25, -0.2) is 13.6 Å². The lowest BCUT2D eigenvalue weighted by Gasteiger charge is -2.38. The number of fused-ring (bicyclic) bond motifs is 1. The summed E-state index contributed by atoms with van der Waals surface area (Å²) in [5.74, 6) is -1.49. The Kier molecular flexibility index (Phi) is 8.23. The molecule has 0 spiro atoms. The third-order valence-corrected chi connectivity index (χ3v) is 6.63. The number of carbonyl (C=O) groups excluding carboxylic acids is 2. The van der Waals surface area contributed by atoms with Crippen LogP contribution in [0.4, 0.5) is 19.3 Å². The topological polar surface area (TPSA) is 66.8 Å². The Bertz CT molecular complexity index is 1240. The Labute approximate surface area is 215 Å². The number of nitrogens with one attached hydrogen (secondary N) is 1. The summed E-state index contributed by atoms with van der Waals surface area (Å²) in [6.07, 6.45) is 2.00. The van der Waals surface area contributed by atoms with Gasteiger partial charge in [0.15, 0.2) is 0 Å². The lowest BCUT2D eigenvalue weighted by Crippen LogP contribution is -2.49. The van der Waals surface area contributed by atoms with E-state index in [2.05, 4.69) is 48.0 Å². The van der Waals surface area contributed by atoms with Gasteiger partial charge < -0.3 is 24.4 Å². The fourth-order valence-corrected chi connectivity index (χ4v) is 4.56. The number of ether oxygens (including phenoxy) is 1. The lowest BCUT2D eigenvalue weighted by molar-refractivity contribution is -0.134. The van der Waals surface area contributed by atoms with Gasteiger partial charge in [0.25, 0.3) is 0 Å². The second-order valence-electron chi connectivity index (χ2n) is 9.41. The van der Waals surface area contributed by atoms with Crippen LogP contribution in [-0.4, -0.2) is 59.7 Å². The lowest BCUT2D eigenvalue weighted by atomic mass is 9.95. The van der Waals surface area contributed by atoms with Crippen molar-refractivity contribution in [3.8, 4) is 0 Å². The third-order valence-electron chi connectivity index (χ3n) is 6.63. The molecule has 0 bridgehead atoms. The Hall–Kier alpha value is -3.72. The van der Waals surface area contributed by atoms with Gasteiger partial charge in [0.1, 0.15) is 18.2 Å². The molecule has 0 fully saturated rings. The van der Waals surface area contributed by atoms with Gasteiger partial charge in [-0.1, -0.05) is 38.1 Å². The maximum atomic E-state index is 14.1. The predicted octanol–water partition coefficient (Wildman–Crippen LogP) is 5.00. The molecule has 7 nitrogen and oxygen atoms in total. The third kappa shape index (κ3) is 5.99. The largest absolute Gasteiger partial charge is 0.383 e. The number of urea groups is 1. The number of aromatic nitrogens is 1. The molecule has 1 aromatic heterocycles. The average molecular weight is 511 g/mol. The molecule has 9 heteroatoms. The van der Waals surface area contributed by atoms with Crippen LogP contribution in [0.2, 0.25) is 0 Å². The quantitative estimate of drug-likeness (QED) is 0.464. The zero-order valence-electron chi connectivity index (χ0n) is 21.3. The van der Waals surface area contributed by atoms with E-state index in [-0.39, 0.29) is 37.3 Å². The van der Waals surface area contributed by atoms with E-state index >= 15 is 0 Å². The van der Waals surface area contributed by atoms with Crippen LogP contribution in [-0.2, 0) is 16.1 Å². The Morgan fingerprint density at radius 1 is 1.11 bits per heavy atom. The molecule has 1 aliphatic rings. The minimum Gasteiger partial charge on any atom is -0.383 e. The molecule has 0 radical (unpaired) electrons. The number of anilines is 1. The molecule has 37 heavy (non-hydrogen) atoms. The molecule has 3 aromatic rings. The molecule has 2 heterocycles. The summed E-state index contributed by atoms with van der Waals surface area (Å²) >= 11 is 0. The van der Waals surface area contributed by atoms with Gasteiger partial charge in [-0.3, -0.25) is 4.79 Å². The molecular formula is C28H32F2N4O3. The minimum absolute atomic E-state index is 0.120. The van der Waals surface area contributed by atoms with Crippen molar-refractivity contribution in [2.45, 2.75) is 32.4 Å². The molecule has 2 aromatic carbocycles. The van der Waals surface area contributed by atoms with Crippen LogP contribution in [0.3, 0.4) is 0 Å². The van der Waals surface area contributed by atoms with Crippen molar-refractivity contribution in [2.75, 3.05) is 38.7 Å². The molecule has 1 N–H and O–H groups in total. The first-order valence-corrected chi connectivity index (χ1v) is 12.3. The van der Waals surface area contributed by atoms with E-state index in [0.717, 1.165) is 23.4 Å². The van der Waals surface area contributed by atoms with Gasteiger partial charge in [0, 0.05) is 44.7 Å². The summed E-state index contributed by atoms with van der Waals surface area (Å²) in [5, 5.41) is 2.44. The van der Waals surface area contributed by atoms with Gasteiger partial charge in [0.05, 0.1) is 18.3 Å². The van der Waals surface area contributed by atoms with Crippen LogP contribution < -0.4 is 5.32 Å². The van der Waals surface area contributed by atoms with Crippen molar-refractivity contribution in [3.05, 3.63) is 89.2 Å². The number of hydrogen-bond acceptors (Lipinski definition) is 3. The number of carbonyl (C=O) groups is 2. The first-order valence-electron chi connectivity index (χ1n) is 12.3. The number of nitrogens with zero attached hydrogens (tertiary/aromatic N) is 3. The van der Waals surface area contributed by atoms with Crippen LogP contribution in [0.25, 0.3) is 0 Å². The van der Waals surface area contributed by atoms with Crippen molar-refractivity contribution in [2.24, 2.45) is 0 Å². The summed E-state index contributed by atoms with van der Waals surface area (Å²) in [4.78, 5) is 29.7. The molecule has 3 amide bonds. The summed E-state index contributed by atoms with van der Waals surface area (Å²) in [7, 11) is 1.49. The fraction of sp³-hybridized carbons (Fsp3) is 0.357. The van der Waals surface area contributed by atoms with E-state index in [0.29, 0.717) is 25.1 Å². The van der Waals surface area contributed by atoms with E-state index < -0.39 is 17.7 Å². The van der Waals surface area contributed by atoms with Crippen molar-refractivity contribution >= 4 is 17.6 Å². The molecule has 0 saturated carbocycles. The van der Waals surface area contributed by atoms with Gasteiger partial charge in [-0.05, 0) is 41.3 Å². The van der Waals surface area contributed by atoms with Crippen molar-refractivity contribution < 1.29 is 23.1 Å². The standard InChI is InChI=1S/C28H32F2N4O3/c1-19(2)20-6-8-21(9-7-20)27-25-5-4-12-32(25)13-14-34(27)26(35)18-33(15-16-37-3)28(36)31-24-11-10-22(29)17-23(24)30/h4-12,17,19,27H,13-16,18H2,1-3H3,(H,31,36). The zero-order chi connectivity index (χ0) is 26.5. The first kappa shape index (κ1) is 26.3. The highest BCUT2D eigenvalue weighted by Crippen LogP contribution is 2.33. The van der Waals surface area contributed by atoms with Crippen LogP contribution in [0.15, 0.2) is 60.8 Å². The van der Waals surface area contributed by atoms with E-state index in [4.69, 9.17) is 4.74 Å². The summed E-state index contributed by atoms with van der Waals surface area (Å²) in [6.45, 7) is 5.47. The van der Waals surface area contributed by atoms with Gasteiger partial charge in [-0.2, -0.15) is 0 Å². The van der Waals surface area contributed by atoms with Crippen LogP contribution in [0, 0.1) is 11.6 Å². The second kappa shape index (κ2) is 11.6. The maximum absolute atomic E-state index is 14.1. The maximum Gasteiger partial charge on any atom is 0.322 e. The van der Waals surface area contributed by atoms with E-state index in [1.54, 1.807) is 4.90 Å². The highest BCUT2D eigenvalue weighted by atomic mass is 19.1. The highest BCUT2D eigenvalue weighted by molar-refractivity contribution is 5.92. The van der Waals surface area contributed by atoms with Gasteiger partial charge >= 0.3 is 6.03 Å². The normalized spacial score (nSPS) is 15.0. The van der Waals surface area contributed by atoms with E-state index in [9.17, 15) is 18.4 Å². The Morgan fingerprint density at radius 2 is 1.86 bits per heavy atom. The smallest absolute Gasteiger partial charge is 0.322 e. The summed E-state index contributed by atoms with van der Waals surface area (Å²) < 4.78 is 34.7. The number of benzene rings is 2. The van der Waals surface area contributed by atoms with Crippen molar-refractivity contribution in [1.29, 1.82) is 0 Å². The molecule has 1 aliphatic heterocycles. The number of methoxy groups -OCH3 is 1. The average Bonchev–Trinajstić information content (AvgIpc) is 3.36. The Balaban J connectivity index is 1.57. The van der Waals surface area contributed by atoms with E-state index in [1.165, 1.54) is 17.6 Å². The fourth-order valence-electron chi connectivity index (χ4n) is 4.56. The molecule has 196 valence electrons. The number of amides is 3. The van der Waals surface area contributed by atoms with Gasteiger partial charge in [-0.15, -0.1) is 0 Å². The Morgan fingerprint density at radius 3 is 2.54 bits per heavy atom. The van der Waals surface area contributed by atoms with Crippen molar-refractivity contribution in [3.63, 3.8) is 0 Å². The highest BCUT2D eigenvalue weighted by Gasteiger charge is 2.33. The van der Waals surface area contributed by atoms with Crippen LogP contribution in [0.5, 0.6) is 0 Å². The van der Waals surface area contributed by atoms with Crippen LogP contribution >= 0.6 is 0 Å². The number of rotatable bonds is 8. The van der Waals surface area contributed by atoms with Crippen LogP contribution in [0.1, 0.15) is 42.6 Å². The first-order chi connectivity index (χ1) is 17.8. The monoisotopic (exact) mass is 510 g/mol. The molecule has 4 rings (SSSR count). The second-order valence-corrected chi connectivity index (χ2v) is 9.41. The number of hydrogen-bond donors (Lipinski definition) is 1. The predicted molar refractivity (Wildman–Crippen MR) is 137 cm³/mol. The molecular weight excluding hydrogens is 478 g/mol. The molecule has 1 unspecified atom stereocenters. The molecule has 0 aliphatic carbocycles. The molecule has 1 atom stereocenters. The van der Waals surface area contributed by atoms with Gasteiger partial charge in [0.2, 0.25) is 5.91 Å². The number of halogens is 2. The summed E-state index contributed by atoms with van der Waals surface area (Å²) in [5.41, 5.74) is 3.03. The SMILES string of the molecule is COCCN(CC(=O)N1CCn2cccc2C1c1ccc(C(C)C)cc1)C(=O)Nc1ccc(F)cc1F. The van der Waals surface area contributed by atoms with Crippen molar-refractivity contribution in [1.82, 2.24) is 14.4 Å².